The minimum absolute atomic E-state index is 0.00730. The largest absolute Gasteiger partial charge is 0.416 e. The molecule has 0 atom stereocenters. The molecule has 152 valence electrons. The van der Waals surface area contributed by atoms with E-state index in [4.69, 9.17) is 11.6 Å². The molecule has 0 bridgehead atoms. The molecule has 0 saturated heterocycles. The van der Waals surface area contributed by atoms with E-state index in [-0.39, 0.29) is 35.7 Å². The van der Waals surface area contributed by atoms with Crippen LogP contribution in [0.2, 0.25) is 5.02 Å². The summed E-state index contributed by atoms with van der Waals surface area (Å²) in [5, 5.41) is 8.57. The lowest BCUT2D eigenvalue weighted by Crippen LogP contribution is -2.23. The van der Waals surface area contributed by atoms with E-state index in [1.165, 1.54) is 22.1 Å². The van der Waals surface area contributed by atoms with Crippen LogP contribution in [-0.4, -0.2) is 15.7 Å². The maximum absolute atomic E-state index is 12.8. The molecule has 0 aliphatic rings. The van der Waals surface area contributed by atoms with Crippen LogP contribution in [0.4, 0.5) is 18.9 Å². The minimum Gasteiger partial charge on any atom is -0.325 e. The molecule has 0 unspecified atom stereocenters. The van der Waals surface area contributed by atoms with Crippen molar-refractivity contribution in [2.24, 2.45) is 0 Å². The van der Waals surface area contributed by atoms with Gasteiger partial charge in [-0.2, -0.15) is 18.3 Å². The van der Waals surface area contributed by atoms with Crippen LogP contribution >= 0.6 is 22.9 Å². The zero-order chi connectivity index (χ0) is 21.0. The molecular weight excluding hydrogens is 427 g/mol. The van der Waals surface area contributed by atoms with Gasteiger partial charge in [0.1, 0.15) is 5.69 Å². The summed E-state index contributed by atoms with van der Waals surface area (Å²) < 4.78 is 39.7. The summed E-state index contributed by atoms with van der Waals surface area (Å²) in [5.74, 6) is -0.506. The highest BCUT2D eigenvalue weighted by atomic mass is 35.5. The number of aromatic nitrogens is 2. The third-order valence-corrected chi connectivity index (χ3v) is 5.20. The van der Waals surface area contributed by atoms with Gasteiger partial charge in [0.05, 0.1) is 21.2 Å². The smallest absolute Gasteiger partial charge is 0.325 e. The van der Waals surface area contributed by atoms with Crippen molar-refractivity contribution in [2.75, 3.05) is 5.32 Å². The van der Waals surface area contributed by atoms with Crippen molar-refractivity contribution >= 4 is 34.5 Å². The number of benzene rings is 1. The molecule has 2 heterocycles. The minimum atomic E-state index is -4.54. The van der Waals surface area contributed by atoms with Crippen LogP contribution in [0.15, 0.2) is 52.6 Å². The Labute approximate surface area is 172 Å². The molecule has 5 nitrogen and oxygen atoms in total. The van der Waals surface area contributed by atoms with E-state index < -0.39 is 17.6 Å². The average Bonchev–Trinajstić information content (AvgIpc) is 3.19. The first-order valence-corrected chi connectivity index (χ1v) is 9.78. The second kappa shape index (κ2) is 8.79. The summed E-state index contributed by atoms with van der Waals surface area (Å²) in [6, 6.07) is 9.51. The van der Waals surface area contributed by atoms with Gasteiger partial charge in [0.15, 0.2) is 0 Å². The van der Waals surface area contributed by atoms with Gasteiger partial charge in [-0.25, -0.2) is 4.68 Å². The van der Waals surface area contributed by atoms with Gasteiger partial charge in [0, 0.05) is 19.0 Å². The molecule has 29 heavy (non-hydrogen) atoms. The number of thiophene rings is 1. The summed E-state index contributed by atoms with van der Waals surface area (Å²) in [4.78, 5) is 25.0. The molecule has 0 aliphatic heterocycles. The fourth-order valence-electron chi connectivity index (χ4n) is 2.56. The predicted octanol–water partition coefficient (Wildman–Crippen LogP) is 5.06. The van der Waals surface area contributed by atoms with Crippen LogP contribution in [0.3, 0.4) is 0 Å². The van der Waals surface area contributed by atoms with Gasteiger partial charge in [-0.1, -0.05) is 17.7 Å². The number of hydrogen-bond donors (Lipinski definition) is 1. The number of amides is 1. The van der Waals surface area contributed by atoms with E-state index in [1.54, 1.807) is 6.07 Å². The van der Waals surface area contributed by atoms with E-state index in [0.717, 1.165) is 23.1 Å². The molecule has 0 fully saturated rings. The Bertz CT molecular complexity index is 1070. The Balaban J connectivity index is 1.61. The Morgan fingerprint density at radius 1 is 1.21 bits per heavy atom. The van der Waals surface area contributed by atoms with Crippen molar-refractivity contribution in [1.82, 2.24) is 9.78 Å². The maximum atomic E-state index is 12.8. The number of halogens is 4. The van der Waals surface area contributed by atoms with Crippen molar-refractivity contribution in [3.63, 3.8) is 0 Å². The summed E-state index contributed by atoms with van der Waals surface area (Å²) >= 11 is 7.36. The number of carbonyl (C=O) groups is 1. The normalized spacial score (nSPS) is 11.4. The van der Waals surface area contributed by atoms with Crippen molar-refractivity contribution in [2.45, 2.75) is 25.6 Å². The van der Waals surface area contributed by atoms with Gasteiger partial charge in [-0.3, -0.25) is 9.59 Å². The van der Waals surface area contributed by atoms with Crippen molar-refractivity contribution in [3.05, 3.63) is 68.8 Å². The van der Waals surface area contributed by atoms with Gasteiger partial charge in [-0.15, -0.1) is 11.3 Å². The van der Waals surface area contributed by atoms with E-state index in [0.29, 0.717) is 5.69 Å². The van der Waals surface area contributed by atoms with Crippen LogP contribution in [-0.2, 0) is 17.5 Å². The molecule has 1 N–H and O–H groups in total. The van der Waals surface area contributed by atoms with Crippen molar-refractivity contribution in [3.8, 4) is 10.6 Å². The first-order valence-electron chi connectivity index (χ1n) is 8.53. The van der Waals surface area contributed by atoms with E-state index in [2.05, 4.69) is 10.4 Å². The summed E-state index contributed by atoms with van der Waals surface area (Å²) in [7, 11) is 0. The van der Waals surface area contributed by atoms with Crippen LogP contribution in [0, 0.1) is 0 Å². The Kier molecular flexibility index (Phi) is 6.39. The Morgan fingerprint density at radius 3 is 2.69 bits per heavy atom. The number of carbonyl (C=O) groups excluding carboxylic acids is 1. The Hall–Kier alpha value is -2.65. The van der Waals surface area contributed by atoms with Crippen LogP contribution in [0.25, 0.3) is 10.6 Å². The molecule has 1 aromatic carbocycles. The summed E-state index contributed by atoms with van der Waals surface area (Å²) in [5.41, 5.74) is -0.661. The summed E-state index contributed by atoms with van der Waals surface area (Å²) in [6.45, 7) is 0.196. The van der Waals surface area contributed by atoms with E-state index >= 15 is 0 Å². The second-order valence-electron chi connectivity index (χ2n) is 6.10. The highest BCUT2D eigenvalue weighted by molar-refractivity contribution is 7.13. The third kappa shape index (κ3) is 5.45. The molecule has 0 spiro atoms. The van der Waals surface area contributed by atoms with E-state index in [1.807, 2.05) is 17.5 Å². The number of rotatable bonds is 6. The van der Waals surface area contributed by atoms with Crippen LogP contribution < -0.4 is 10.9 Å². The van der Waals surface area contributed by atoms with Crippen LogP contribution in [0.5, 0.6) is 0 Å². The molecular formula is C19H15ClF3N3O2S. The van der Waals surface area contributed by atoms with Gasteiger partial charge in [0.25, 0.3) is 5.56 Å². The zero-order valence-corrected chi connectivity index (χ0v) is 16.4. The monoisotopic (exact) mass is 441 g/mol. The molecule has 3 aromatic rings. The highest BCUT2D eigenvalue weighted by Gasteiger charge is 2.31. The fraction of sp³-hybridized carbons (Fsp3) is 0.211. The topological polar surface area (TPSA) is 64.0 Å². The first kappa shape index (κ1) is 21.1. The lowest BCUT2D eigenvalue weighted by molar-refractivity contribution is -0.137. The Morgan fingerprint density at radius 2 is 2.00 bits per heavy atom. The lowest BCUT2D eigenvalue weighted by Gasteiger charge is -2.12. The number of hydrogen-bond acceptors (Lipinski definition) is 4. The number of nitrogens with one attached hydrogen (secondary N) is 1. The maximum Gasteiger partial charge on any atom is 0.416 e. The molecule has 0 saturated carbocycles. The quantitative estimate of drug-likeness (QED) is 0.581. The molecule has 2 aromatic heterocycles. The summed E-state index contributed by atoms with van der Waals surface area (Å²) in [6.07, 6.45) is -4.27. The fourth-order valence-corrected chi connectivity index (χ4v) is 3.42. The highest BCUT2D eigenvalue weighted by Crippen LogP contribution is 2.33. The molecule has 3 rings (SSSR count). The standard InChI is InChI=1S/C19H15ClF3N3O2S/c20-13-6-5-12(19(21,22)23)11-15(13)24-17(27)4-1-9-26-18(28)8-7-14(25-26)16-3-2-10-29-16/h2-3,5-8,10-11H,1,4,9H2,(H,24,27). The SMILES string of the molecule is O=C(CCCn1nc(-c2cccs2)ccc1=O)Nc1cc(C(F)(F)F)ccc1Cl. The predicted molar refractivity (Wildman–Crippen MR) is 106 cm³/mol. The number of anilines is 1. The van der Waals surface area contributed by atoms with Crippen LogP contribution in [0.1, 0.15) is 18.4 Å². The van der Waals surface area contributed by atoms with Gasteiger partial charge in [-0.05, 0) is 42.1 Å². The van der Waals surface area contributed by atoms with E-state index in [9.17, 15) is 22.8 Å². The molecule has 0 radical (unpaired) electrons. The van der Waals surface area contributed by atoms with Gasteiger partial charge in [0.2, 0.25) is 5.91 Å². The lowest BCUT2D eigenvalue weighted by atomic mass is 10.2. The van der Waals surface area contributed by atoms with Gasteiger partial charge < -0.3 is 5.32 Å². The number of alkyl halides is 3. The van der Waals surface area contributed by atoms with Crippen molar-refractivity contribution in [1.29, 1.82) is 0 Å². The third-order valence-electron chi connectivity index (χ3n) is 3.98. The molecule has 10 heteroatoms. The first-order chi connectivity index (χ1) is 13.7. The average molecular weight is 442 g/mol. The van der Waals surface area contributed by atoms with Crippen molar-refractivity contribution < 1.29 is 18.0 Å². The number of nitrogens with zero attached hydrogens (tertiary/aromatic N) is 2. The second-order valence-corrected chi connectivity index (χ2v) is 7.46. The zero-order valence-electron chi connectivity index (χ0n) is 14.9. The number of aryl methyl sites for hydroxylation is 1. The molecule has 1 amide bonds. The molecule has 0 aliphatic carbocycles. The van der Waals surface area contributed by atoms with Gasteiger partial charge >= 0.3 is 6.18 Å².